The zero-order valence-electron chi connectivity index (χ0n) is 11.1. The summed E-state index contributed by atoms with van der Waals surface area (Å²) in [5, 5.41) is 3.59. The third-order valence-electron chi connectivity index (χ3n) is 3.64. The van der Waals surface area contributed by atoms with E-state index in [1.165, 1.54) is 10.4 Å². The standard InChI is InChI=1S/C15H19N3S/c1-12-9-18(10-14-7-16-11-19-14)15(8-17-12)13-5-3-2-4-6-13/h2-7,11-12,15,17H,8-10H2,1H3. The molecule has 3 rings (SSSR count). The SMILES string of the molecule is CC1CN(Cc2cncs2)C(c2ccccc2)CN1. The van der Waals surface area contributed by atoms with E-state index in [1.54, 1.807) is 11.3 Å². The Hall–Kier alpha value is -1.23. The average Bonchev–Trinajstić information content (AvgIpc) is 2.93. The normalized spacial score (nSPS) is 24.5. The van der Waals surface area contributed by atoms with Gasteiger partial charge in [0.1, 0.15) is 0 Å². The molecule has 0 radical (unpaired) electrons. The zero-order chi connectivity index (χ0) is 13.1. The first-order chi connectivity index (χ1) is 9.33. The Kier molecular flexibility index (Phi) is 3.92. The molecule has 1 fully saturated rings. The molecule has 1 N–H and O–H groups in total. The predicted molar refractivity (Wildman–Crippen MR) is 79.2 cm³/mol. The molecule has 19 heavy (non-hydrogen) atoms. The minimum absolute atomic E-state index is 0.458. The van der Waals surface area contributed by atoms with Gasteiger partial charge in [-0.25, -0.2) is 0 Å². The van der Waals surface area contributed by atoms with Crippen LogP contribution in [0.3, 0.4) is 0 Å². The number of hydrogen-bond donors (Lipinski definition) is 1. The molecule has 0 aliphatic carbocycles. The molecule has 1 aliphatic rings. The molecule has 1 aliphatic heterocycles. The topological polar surface area (TPSA) is 28.2 Å². The van der Waals surface area contributed by atoms with Crippen molar-refractivity contribution in [2.45, 2.75) is 25.6 Å². The molecule has 3 nitrogen and oxygen atoms in total. The van der Waals surface area contributed by atoms with Gasteiger partial charge >= 0.3 is 0 Å². The summed E-state index contributed by atoms with van der Waals surface area (Å²) in [7, 11) is 0. The number of nitrogens with one attached hydrogen (secondary N) is 1. The third kappa shape index (κ3) is 3.03. The molecule has 0 saturated carbocycles. The van der Waals surface area contributed by atoms with Crippen LogP contribution >= 0.6 is 11.3 Å². The van der Waals surface area contributed by atoms with E-state index in [2.05, 4.69) is 52.5 Å². The highest BCUT2D eigenvalue weighted by Crippen LogP contribution is 2.26. The molecular weight excluding hydrogens is 254 g/mol. The number of piperazine rings is 1. The van der Waals surface area contributed by atoms with Gasteiger partial charge in [-0.05, 0) is 12.5 Å². The molecule has 2 atom stereocenters. The summed E-state index contributed by atoms with van der Waals surface area (Å²) in [6.45, 7) is 5.35. The number of hydrogen-bond acceptors (Lipinski definition) is 4. The molecule has 0 amide bonds. The minimum Gasteiger partial charge on any atom is -0.311 e. The summed E-state index contributed by atoms with van der Waals surface area (Å²) in [5.74, 6) is 0. The maximum Gasteiger partial charge on any atom is 0.0794 e. The number of benzene rings is 1. The Morgan fingerprint density at radius 3 is 2.95 bits per heavy atom. The first-order valence-corrected chi connectivity index (χ1v) is 7.60. The van der Waals surface area contributed by atoms with Crippen LogP contribution < -0.4 is 5.32 Å². The lowest BCUT2D eigenvalue weighted by molar-refractivity contribution is 0.129. The van der Waals surface area contributed by atoms with E-state index < -0.39 is 0 Å². The van der Waals surface area contributed by atoms with Crippen molar-refractivity contribution in [3.63, 3.8) is 0 Å². The van der Waals surface area contributed by atoms with Crippen LogP contribution in [0.5, 0.6) is 0 Å². The van der Waals surface area contributed by atoms with E-state index in [9.17, 15) is 0 Å². The van der Waals surface area contributed by atoms with E-state index in [0.29, 0.717) is 12.1 Å². The van der Waals surface area contributed by atoms with Gasteiger partial charge in [-0.1, -0.05) is 30.3 Å². The molecule has 4 heteroatoms. The Bertz CT molecular complexity index is 497. The number of rotatable bonds is 3. The summed E-state index contributed by atoms with van der Waals surface area (Å²) in [6, 6.07) is 11.8. The highest BCUT2D eigenvalue weighted by molar-refractivity contribution is 7.09. The molecule has 1 aromatic heterocycles. The van der Waals surface area contributed by atoms with Gasteiger partial charge in [0.15, 0.2) is 0 Å². The van der Waals surface area contributed by atoms with Crippen LogP contribution in [0.2, 0.25) is 0 Å². The van der Waals surface area contributed by atoms with Crippen LogP contribution in [0.1, 0.15) is 23.4 Å². The van der Waals surface area contributed by atoms with Crippen molar-refractivity contribution in [3.05, 3.63) is 52.5 Å². The fraction of sp³-hybridized carbons (Fsp3) is 0.400. The first-order valence-electron chi connectivity index (χ1n) is 6.72. The predicted octanol–water partition coefficient (Wildman–Crippen LogP) is 2.68. The molecule has 1 aromatic carbocycles. The lowest BCUT2D eigenvalue weighted by Gasteiger charge is -2.39. The fourth-order valence-corrected chi connectivity index (χ4v) is 3.30. The van der Waals surface area contributed by atoms with Gasteiger partial charge in [0, 0.05) is 42.8 Å². The third-order valence-corrected chi connectivity index (χ3v) is 4.40. The average molecular weight is 273 g/mol. The van der Waals surface area contributed by atoms with Gasteiger partial charge < -0.3 is 5.32 Å². The van der Waals surface area contributed by atoms with Gasteiger partial charge in [-0.15, -0.1) is 11.3 Å². The highest BCUT2D eigenvalue weighted by atomic mass is 32.1. The van der Waals surface area contributed by atoms with Crippen molar-refractivity contribution in [2.75, 3.05) is 13.1 Å². The van der Waals surface area contributed by atoms with Crippen LogP contribution in [-0.2, 0) is 6.54 Å². The van der Waals surface area contributed by atoms with E-state index in [4.69, 9.17) is 0 Å². The Labute approximate surface area is 118 Å². The molecular formula is C15H19N3S. The van der Waals surface area contributed by atoms with Crippen LogP contribution in [0.25, 0.3) is 0 Å². The van der Waals surface area contributed by atoms with E-state index in [-0.39, 0.29) is 0 Å². The van der Waals surface area contributed by atoms with Crippen molar-refractivity contribution in [2.24, 2.45) is 0 Å². The monoisotopic (exact) mass is 273 g/mol. The van der Waals surface area contributed by atoms with Crippen LogP contribution in [0.4, 0.5) is 0 Å². The second-order valence-corrected chi connectivity index (χ2v) is 6.10. The Morgan fingerprint density at radius 2 is 2.21 bits per heavy atom. The molecule has 100 valence electrons. The van der Waals surface area contributed by atoms with Gasteiger partial charge in [0.2, 0.25) is 0 Å². The summed E-state index contributed by atoms with van der Waals surface area (Å²) in [5.41, 5.74) is 3.31. The summed E-state index contributed by atoms with van der Waals surface area (Å²) >= 11 is 1.74. The molecule has 2 aromatic rings. The number of aromatic nitrogens is 1. The van der Waals surface area contributed by atoms with E-state index in [1.807, 2.05) is 11.7 Å². The quantitative estimate of drug-likeness (QED) is 0.932. The van der Waals surface area contributed by atoms with Crippen molar-refractivity contribution in [1.29, 1.82) is 0 Å². The van der Waals surface area contributed by atoms with Crippen molar-refractivity contribution >= 4 is 11.3 Å². The van der Waals surface area contributed by atoms with Crippen molar-refractivity contribution in [3.8, 4) is 0 Å². The minimum atomic E-state index is 0.458. The number of nitrogens with zero attached hydrogens (tertiary/aromatic N) is 2. The lowest BCUT2D eigenvalue weighted by atomic mass is 10.0. The summed E-state index contributed by atoms with van der Waals surface area (Å²) < 4.78 is 0. The van der Waals surface area contributed by atoms with Crippen LogP contribution in [0, 0.1) is 0 Å². The van der Waals surface area contributed by atoms with E-state index >= 15 is 0 Å². The van der Waals surface area contributed by atoms with E-state index in [0.717, 1.165) is 19.6 Å². The van der Waals surface area contributed by atoms with Crippen molar-refractivity contribution < 1.29 is 0 Å². The molecule has 0 spiro atoms. The molecule has 0 bridgehead atoms. The molecule has 1 saturated heterocycles. The molecule has 2 unspecified atom stereocenters. The maximum absolute atomic E-state index is 4.18. The number of thiazole rings is 1. The highest BCUT2D eigenvalue weighted by Gasteiger charge is 2.27. The maximum atomic E-state index is 4.18. The fourth-order valence-electron chi connectivity index (χ4n) is 2.68. The smallest absolute Gasteiger partial charge is 0.0794 e. The zero-order valence-corrected chi connectivity index (χ0v) is 11.9. The Morgan fingerprint density at radius 1 is 1.37 bits per heavy atom. The van der Waals surface area contributed by atoms with Crippen LogP contribution in [0.15, 0.2) is 42.0 Å². The second kappa shape index (κ2) is 5.82. The summed E-state index contributed by atoms with van der Waals surface area (Å²) in [6.07, 6.45) is 1.99. The molecule has 2 heterocycles. The lowest BCUT2D eigenvalue weighted by Crippen LogP contribution is -2.50. The van der Waals surface area contributed by atoms with Gasteiger partial charge in [-0.3, -0.25) is 9.88 Å². The largest absolute Gasteiger partial charge is 0.311 e. The van der Waals surface area contributed by atoms with Gasteiger partial charge in [-0.2, -0.15) is 0 Å². The Balaban J connectivity index is 1.80. The summed E-state index contributed by atoms with van der Waals surface area (Å²) in [4.78, 5) is 8.08. The van der Waals surface area contributed by atoms with Gasteiger partial charge in [0.05, 0.1) is 5.51 Å². The van der Waals surface area contributed by atoms with Gasteiger partial charge in [0.25, 0.3) is 0 Å². The van der Waals surface area contributed by atoms with Crippen molar-refractivity contribution in [1.82, 2.24) is 15.2 Å². The first kappa shape index (κ1) is 12.8. The second-order valence-electron chi connectivity index (χ2n) is 5.13. The van der Waals surface area contributed by atoms with Crippen LogP contribution in [-0.4, -0.2) is 29.0 Å².